The average Bonchev–Trinajstić information content (AvgIpc) is 2.43. The molecule has 4 heteroatoms. The lowest BCUT2D eigenvalue weighted by Gasteiger charge is -2.23. The Balaban J connectivity index is 2.19. The van der Waals surface area contributed by atoms with Gasteiger partial charge in [-0.05, 0) is 62.9 Å². The summed E-state index contributed by atoms with van der Waals surface area (Å²) in [7, 11) is 1.88. The van der Waals surface area contributed by atoms with Crippen LogP contribution in [0.25, 0.3) is 0 Å². The number of rotatable bonds is 5. The van der Waals surface area contributed by atoms with Crippen LogP contribution in [0.3, 0.4) is 0 Å². The van der Waals surface area contributed by atoms with E-state index in [1.807, 2.05) is 13.1 Å². The Bertz CT molecular complexity index is 436. The first-order valence-electron chi connectivity index (χ1n) is 7.03. The third-order valence-corrected chi connectivity index (χ3v) is 4.24. The van der Waals surface area contributed by atoms with Crippen LogP contribution in [0, 0.1) is 0 Å². The van der Waals surface area contributed by atoms with E-state index in [9.17, 15) is 5.11 Å². The summed E-state index contributed by atoms with van der Waals surface area (Å²) in [5, 5.41) is 14.1. The van der Waals surface area contributed by atoms with Crippen LogP contribution in [-0.2, 0) is 12.8 Å². The Morgan fingerprint density at radius 2 is 1.95 bits per heavy atom. The fraction of sp³-hybridized carbons (Fsp3) is 0.600. The molecule has 0 aliphatic heterocycles. The maximum atomic E-state index is 10.4. The lowest BCUT2D eigenvalue weighted by Crippen LogP contribution is -2.31. The molecule has 1 aromatic rings. The minimum Gasteiger partial charge on any atom is -0.387 e. The molecular weight excluding hydrogens is 260 g/mol. The second-order valence-corrected chi connectivity index (χ2v) is 5.76. The number of fused-ring (bicyclic) bond motifs is 1. The number of nitrogens with two attached hydrogens (primary N) is 1. The zero-order valence-electron chi connectivity index (χ0n) is 11.5. The van der Waals surface area contributed by atoms with E-state index in [0.717, 1.165) is 31.4 Å². The van der Waals surface area contributed by atoms with Gasteiger partial charge in [0.2, 0.25) is 0 Å². The molecule has 0 heterocycles. The van der Waals surface area contributed by atoms with Crippen LogP contribution in [0.15, 0.2) is 12.1 Å². The van der Waals surface area contributed by atoms with Crippen molar-refractivity contribution in [2.75, 3.05) is 13.6 Å². The summed E-state index contributed by atoms with van der Waals surface area (Å²) in [6.07, 6.45) is 4.66. The highest BCUT2D eigenvalue weighted by Gasteiger charge is 2.21. The second-order valence-electron chi connectivity index (χ2n) is 5.35. The smallest absolute Gasteiger partial charge is 0.0955 e. The summed E-state index contributed by atoms with van der Waals surface area (Å²) < 4.78 is 0. The van der Waals surface area contributed by atoms with E-state index in [4.69, 9.17) is 17.3 Å². The molecule has 2 unspecified atom stereocenters. The topological polar surface area (TPSA) is 58.3 Å². The van der Waals surface area contributed by atoms with Crippen molar-refractivity contribution < 1.29 is 5.11 Å². The molecule has 0 radical (unpaired) electrons. The van der Waals surface area contributed by atoms with Gasteiger partial charge in [0.25, 0.3) is 0 Å². The fourth-order valence-electron chi connectivity index (χ4n) is 2.70. The van der Waals surface area contributed by atoms with Gasteiger partial charge in [0, 0.05) is 16.6 Å². The van der Waals surface area contributed by atoms with Crippen LogP contribution >= 0.6 is 11.6 Å². The van der Waals surface area contributed by atoms with Crippen molar-refractivity contribution >= 4 is 11.6 Å². The number of aliphatic hydroxyl groups excluding tert-OH is 1. The van der Waals surface area contributed by atoms with Crippen molar-refractivity contribution in [2.24, 2.45) is 5.73 Å². The number of nitrogens with one attached hydrogen (secondary N) is 1. The summed E-state index contributed by atoms with van der Waals surface area (Å²) in [5.41, 5.74) is 9.47. The minimum atomic E-state index is -0.687. The molecule has 1 aliphatic carbocycles. The summed E-state index contributed by atoms with van der Waals surface area (Å²) in [4.78, 5) is 0. The van der Waals surface area contributed by atoms with Gasteiger partial charge in [-0.3, -0.25) is 0 Å². The number of halogens is 1. The lowest BCUT2D eigenvalue weighted by molar-refractivity contribution is 0.142. The van der Waals surface area contributed by atoms with Gasteiger partial charge in [-0.25, -0.2) is 0 Å². The molecule has 1 aliphatic rings. The lowest BCUT2D eigenvalue weighted by atomic mass is 9.88. The Kier molecular flexibility index (Phi) is 5.22. The van der Waals surface area contributed by atoms with E-state index in [1.165, 1.54) is 24.0 Å². The number of aryl methyl sites for hydroxylation is 2. The van der Waals surface area contributed by atoms with Gasteiger partial charge >= 0.3 is 0 Å². The molecule has 0 saturated heterocycles. The first-order valence-corrected chi connectivity index (χ1v) is 7.40. The highest BCUT2D eigenvalue weighted by Crippen LogP contribution is 2.32. The summed E-state index contributed by atoms with van der Waals surface area (Å²) >= 11 is 6.30. The molecule has 1 aromatic carbocycles. The average molecular weight is 283 g/mol. The van der Waals surface area contributed by atoms with Crippen LogP contribution in [0.5, 0.6) is 0 Å². The first kappa shape index (κ1) is 14.8. The molecule has 0 aromatic heterocycles. The number of hydrogen-bond acceptors (Lipinski definition) is 3. The SMILES string of the molecule is CNCCC(N)C(O)c1cc2c(cc1Cl)CCCC2. The molecular formula is C15H23ClN2O. The molecule has 2 rings (SSSR count). The van der Waals surface area contributed by atoms with Crippen molar-refractivity contribution in [2.45, 2.75) is 44.2 Å². The first-order chi connectivity index (χ1) is 9.13. The highest BCUT2D eigenvalue weighted by atomic mass is 35.5. The molecule has 4 N–H and O–H groups in total. The molecule has 3 nitrogen and oxygen atoms in total. The summed E-state index contributed by atoms with van der Waals surface area (Å²) in [6.45, 7) is 0.792. The van der Waals surface area contributed by atoms with Gasteiger partial charge in [-0.15, -0.1) is 0 Å². The molecule has 19 heavy (non-hydrogen) atoms. The van der Waals surface area contributed by atoms with Crippen LogP contribution in [0.1, 0.15) is 42.1 Å². The normalized spacial score (nSPS) is 17.9. The van der Waals surface area contributed by atoms with Crippen molar-refractivity contribution in [1.29, 1.82) is 0 Å². The summed E-state index contributed by atoms with van der Waals surface area (Å²) in [5.74, 6) is 0. The minimum absolute atomic E-state index is 0.286. The summed E-state index contributed by atoms with van der Waals surface area (Å²) in [6, 6.07) is 3.78. The van der Waals surface area contributed by atoms with Gasteiger partial charge in [0.1, 0.15) is 0 Å². The molecule has 0 fully saturated rings. The number of benzene rings is 1. The molecule has 0 spiro atoms. The van der Waals surface area contributed by atoms with E-state index in [-0.39, 0.29) is 6.04 Å². The number of aliphatic hydroxyl groups is 1. The van der Waals surface area contributed by atoms with Crippen molar-refractivity contribution in [3.63, 3.8) is 0 Å². The van der Waals surface area contributed by atoms with E-state index in [0.29, 0.717) is 5.02 Å². The van der Waals surface area contributed by atoms with Gasteiger partial charge in [-0.1, -0.05) is 17.7 Å². The van der Waals surface area contributed by atoms with Gasteiger partial charge < -0.3 is 16.2 Å². The zero-order valence-corrected chi connectivity index (χ0v) is 12.2. The standard InChI is InChI=1S/C15H23ClN2O/c1-18-7-6-14(17)15(19)12-8-10-4-2-3-5-11(10)9-13(12)16/h8-9,14-15,18-19H,2-7,17H2,1H3. The maximum absolute atomic E-state index is 10.4. The molecule has 106 valence electrons. The zero-order chi connectivity index (χ0) is 13.8. The van der Waals surface area contributed by atoms with Crippen molar-refractivity contribution in [1.82, 2.24) is 5.32 Å². The Morgan fingerprint density at radius 1 is 1.32 bits per heavy atom. The molecule has 2 atom stereocenters. The fourth-order valence-corrected chi connectivity index (χ4v) is 3.00. The third-order valence-electron chi connectivity index (χ3n) is 3.91. The van der Waals surface area contributed by atoms with Gasteiger partial charge in [-0.2, -0.15) is 0 Å². The second kappa shape index (κ2) is 6.71. The van der Waals surface area contributed by atoms with Crippen molar-refractivity contribution in [3.05, 3.63) is 33.8 Å². The van der Waals surface area contributed by atoms with Crippen molar-refractivity contribution in [3.8, 4) is 0 Å². The maximum Gasteiger partial charge on any atom is 0.0955 e. The molecule has 0 bridgehead atoms. The van der Waals surface area contributed by atoms with Crippen LogP contribution in [0.4, 0.5) is 0 Å². The highest BCUT2D eigenvalue weighted by molar-refractivity contribution is 6.31. The van der Waals surface area contributed by atoms with E-state index in [1.54, 1.807) is 0 Å². The molecule has 0 amide bonds. The predicted octanol–water partition coefficient (Wildman–Crippen LogP) is 2.19. The number of hydrogen-bond donors (Lipinski definition) is 3. The van der Waals surface area contributed by atoms with Crippen LogP contribution in [-0.4, -0.2) is 24.7 Å². The third kappa shape index (κ3) is 3.48. The monoisotopic (exact) mass is 282 g/mol. The Hall–Kier alpha value is -0.610. The quantitative estimate of drug-likeness (QED) is 0.776. The Labute approximate surface area is 120 Å². The van der Waals surface area contributed by atoms with Crippen LogP contribution in [0.2, 0.25) is 5.02 Å². The molecule has 0 saturated carbocycles. The van der Waals surface area contributed by atoms with E-state index < -0.39 is 6.10 Å². The predicted molar refractivity (Wildman–Crippen MR) is 79.6 cm³/mol. The van der Waals surface area contributed by atoms with E-state index >= 15 is 0 Å². The van der Waals surface area contributed by atoms with Crippen LogP contribution < -0.4 is 11.1 Å². The largest absolute Gasteiger partial charge is 0.387 e. The Morgan fingerprint density at radius 3 is 2.58 bits per heavy atom. The van der Waals surface area contributed by atoms with E-state index in [2.05, 4.69) is 11.4 Å². The van der Waals surface area contributed by atoms with Gasteiger partial charge in [0.05, 0.1) is 6.10 Å². The van der Waals surface area contributed by atoms with Gasteiger partial charge in [0.15, 0.2) is 0 Å².